The highest BCUT2D eigenvalue weighted by Crippen LogP contribution is 2.12. The summed E-state index contributed by atoms with van der Waals surface area (Å²) in [7, 11) is 0. The quantitative estimate of drug-likeness (QED) is 0.558. The Morgan fingerprint density at radius 3 is 2.86 bits per heavy atom. The Morgan fingerprint density at radius 2 is 2.09 bits per heavy atom. The zero-order chi connectivity index (χ0) is 15.4. The number of nitrogens with zero attached hydrogens (tertiary/aromatic N) is 2. The van der Waals surface area contributed by atoms with Gasteiger partial charge in [0, 0.05) is 5.39 Å². The van der Waals surface area contributed by atoms with Crippen LogP contribution in [-0.2, 0) is 11.2 Å². The van der Waals surface area contributed by atoms with Gasteiger partial charge in [-0.1, -0.05) is 18.2 Å². The molecule has 1 aromatic carbocycles. The van der Waals surface area contributed by atoms with Crippen molar-refractivity contribution in [3.05, 3.63) is 64.5 Å². The summed E-state index contributed by atoms with van der Waals surface area (Å²) < 4.78 is 5.05. The fourth-order valence-electron chi connectivity index (χ4n) is 2.03. The van der Waals surface area contributed by atoms with Crippen LogP contribution in [0.4, 0.5) is 0 Å². The second-order valence-corrected chi connectivity index (χ2v) is 4.53. The van der Waals surface area contributed by atoms with Gasteiger partial charge in [-0.2, -0.15) is 10.2 Å². The number of hydrogen-bond donors (Lipinski definition) is 2. The number of nitrogens with one attached hydrogen (secondary N) is 2. The monoisotopic (exact) mass is 296 g/mol. The molecule has 2 N–H and O–H groups in total. The molecule has 7 heteroatoms. The van der Waals surface area contributed by atoms with Crippen molar-refractivity contribution in [2.24, 2.45) is 5.10 Å². The number of carbonyl (C=O) groups excluding carboxylic acids is 1. The molecule has 3 rings (SSSR count). The lowest BCUT2D eigenvalue weighted by Crippen LogP contribution is -2.22. The number of aromatic nitrogens is 2. The number of furan rings is 1. The van der Waals surface area contributed by atoms with Crippen molar-refractivity contribution in [2.75, 3.05) is 0 Å². The summed E-state index contributed by atoms with van der Waals surface area (Å²) in [6, 6.07) is 10.4. The maximum absolute atomic E-state index is 11.9. The second-order valence-electron chi connectivity index (χ2n) is 4.53. The predicted molar refractivity (Wildman–Crippen MR) is 80.5 cm³/mol. The molecular weight excluding hydrogens is 284 g/mol. The van der Waals surface area contributed by atoms with E-state index in [0.717, 1.165) is 0 Å². The minimum atomic E-state index is -0.340. The second kappa shape index (κ2) is 6.04. The molecule has 0 aliphatic heterocycles. The van der Waals surface area contributed by atoms with E-state index in [4.69, 9.17) is 4.42 Å². The van der Waals surface area contributed by atoms with Gasteiger partial charge in [0.15, 0.2) is 0 Å². The third-order valence-corrected chi connectivity index (χ3v) is 3.03. The minimum absolute atomic E-state index is 0.00673. The molecule has 0 unspecified atom stereocenters. The fraction of sp³-hybridized carbons (Fsp3) is 0.0667. The van der Waals surface area contributed by atoms with E-state index in [2.05, 4.69) is 20.7 Å². The maximum Gasteiger partial charge on any atom is 0.272 e. The van der Waals surface area contributed by atoms with Crippen molar-refractivity contribution in [3.63, 3.8) is 0 Å². The van der Waals surface area contributed by atoms with Crippen molar-refractivity contribution < 1.29 is 9.21 Å². The first-order valence-electron chi connectivity index (χ1n) is 6.56. The van der Waals surface area contributed by atoms with Crippen LogP contribution in [0.5, 0.6) is 0 Å². The van der Waals surface area contributed by atoms with Crippen molar-refractivity contribution >= 4 is 22.9 Å². The van der Waals surface area contributed by atoms with E-state index in [-0.39, 0.29) is 17.9 Å². The maximum atomic E-state index is 11.9. The largest absolute Gasteiger partial charge is 0.463 e. The van der Waals surface area contributed by atoms with Crippen LogP contribution < -0.4 is 11.0 Å². The third kappa shape index (κ3) is 2.93. The van der Waals surface area contributed by atoms with Crippen LogP contribution in [0.15, 0.2) is 57.0 Å². The molecule has 0 saturated heterocycles. The van der Waals surface area contributed by atoms with Crippen molar-refractivity contribution in [2.45, 2.75) is 6.42 Å². The molecule has 7 nitrogen and oxygen atoms in total. The van der Waals surface area contributed by atoms with Crippen molar-refractivity contribution in [3.8, 4) is 0 Å². The molecular formula is C15H12N4O3. The summed E-state index contributed by atoms with van der Waals surface area (Å²) in [5.41, 5.74) is 2.59. The minimum Gasteiger partial charge on any atom is -0.463 e. The lowest BCUT2D eigenvalue weighted by molar-refractivity contribution is -0.120. The van der Waals surface area contributed by atoms with E-state index in [1.54, 1.807) is 36.4 Å². The highest BCUT2D eigenvalue weighted by Gasteiger charge is 2.09. The number of fused-ring (bicyclic) bond motifs is 1. The van der Waals surface area contributed by atoms with Crippen LogP contribution in [-0.4, -0.2) is 22.3 Å². The van der Waals surface area contributed by atoms with Crippen molar-refractivity contribution in [1.29, 1.82) is 0 Å². The Labute approximate surface area is 124 Å². The smallest absolute Gasteiger partial charge is 0.272 e. The molecule has 0 spiro atoms. The van der Waals surface area contributed by atoms with Crippen LogP contribution in [0.3, 0.4) is 0 Å². The first kappa shape index (κ1) is 13.7. The van der Waals surface area contributed by atoms with Gasteiger partial charge in [-0.25, -0.2) is 10.5 Å². The fourth-order valence-corrected chi connectivity index (χ4v) is 2.03. The van der Waals surface area contributed by atoms with Gasteiger partial charge in [0.1, 0.15) is 5.76 Å². The molecule has 0 fully saturated rings. The average molecular weight is 296 g/mol. The normalized spacial score (nSPS) is 11.1. The third-order valence-electron chi connectivity index (χ3n) is 3.03. The summed E-state index contributed by atoms with van der Waals surface area (Å²) in [5.74, 6) is 0.195. The highest BCUT2D eigenvalue weighted by molar-refractivity contribution is 5.88. The molecule has 0 saturated carbocycles. The topological polar surface area (TPSA) is 100 Å². The molecule has 22 heavy (non-hydrogen) atoms. The van der Waals surface area contributed by atoms with Gasteiger partial charge in [-0.15, -0.1) is 0 Å². The number of benzene rings is 1. The zero-order valence-corrected chi connectivity index (χ0v) is 11.4. The summed E-state index contributed by atoms with van der Waals surface area (Å²) in [5, 5.41) is 11.3. The average Bonchev–Trinajstić information content (AvgIpc) is 3.04. The SMILES string of the molecule is O=C(Cc1n[nH]c(=O)c2ccccc12)N/N=C/c1ccco1. The van der Waals surface area contributed by atoms with E-state index in [1.807, 2.05) is 0 Å². The number of aromatic amines is 1. The molecule has 0 aliphatic rings. The molecule has 2 aromatic heterocycles. The lowest BCUT2D eigenvalue weighted by atomic mass is 10.1. The standard InChI is InChI=1S/C15H12N4O3/c20-14(18-16-9-10-4-3-7-22-10)8-13-11-5-1-2-6-12(11)15(21)19-17-13/h1-7,9H,8H2,(H,18,20)(H,19,21)/b16-9+. The molecule has 1 amide bonds. The van der Waals surface area contributed by atoms with Crippen LogP contribution >= 0.6 is 0 Å². The summed E-state index contributed by atoms with van der Waals surface area (Å²) in [4.78, 5) is 23.5. The van der Waals surface area contributed by atoms with Gasteiger partial charge >= 0.3 is 0 Å². The summed E-state index contributed by atoms with van der Waals surface area (Å²) in [6.07, 6.45) is 2.92. The first-order chi connectivity index (χ1) is 10.7. The summed E-state index contributed by atoms with van der Waals surface area (Å²) >= 11 is 0. The number of H-pyrrole nitrogens is 1. The molecule has 110 valence electrons. The Bertz CT molecular complexity index is 881. The van der Waals surface area contributed by atoms with Gasteiger partial charge in [0.25, 0.3) is 5.56 Å². The molecule has 2 heterocycles. The highest BCUT2D eigenvalue weighted by atomic mass is 16.3. The van der Waals surface area contributed by atoms with E-state index >= 15 is 0 Å². The van der Waals surface area contributed by atoms with E-state index in [9.17, 15) is 9.59 Å². The molecule has 0 aliphatic carbocycles. The number of amides is 1. The van der Waals surface area contributed by atoms with Gasteiger partial charge in [-0.05, 0) is 18.2 Å². The van der Waals surface area contributed by atoms with Gasteiger partial charge < -0.3 is 4.42 Å². The Balaban J connectivity index is 1.74. The van der Waals surface area contributed by atoms with E-state index < -0.39 is 0 Å². The lowest BCUT2D eigenvalue weighted by Gasteiger charge is -2.03. The Hall–Kier alpha value is -3.22. The summed E-state index contributed by atoms with van der Waals surface area (Å²) in [6.45, 7) is 0. The Kier molecular flexibility index (Phi) is 3.78. The van der Waals surface area contributed by atoms with Crippen LogP contribution in [0.2, 0.25) is 0 Å². The number of hydrogen-bond acceptors (Lipinski definition) is 5. The van der Waals surface area contributed by atoms with Crippen LogP contribution in [0, 0.1) is 0 Å². The molecule has 0 radical (unpaired) electrons. The zero-order valence-electron chi connectivity index (χ0n) is 11.4. The predicted octanol–water partition coefficient (Wildman–Crippen LogP) is 1.21. The Morgan fingerprint density at radius 1 is 1.27 bits per heavy atom. The molecule has 0 bridgehead atoms. The first-order valence-corrected chi connectivity index (χ1v) is 6.56. The number of rotatable bonds is 4. The van der Waals surface area contributed by atoms with Crippen LogP contribution in [0.1, 0.15) is 11.5 Å². The van der Waals surface area contributed by atoms with Gasteiger partial charge in [-0.3, -0.25) is 9.59 Å². The number of carbonyl (C=O) groups is 1. The number of hydrazone groups is 1. The van der Waals surface area contributed by atoms with Crippen LogP contribution in [0.25, 0.3) is 10.8 Å². The molecule has 3 aromatic rings. The van der Waals surface area contributed by atoms with Crippen molar-refractivity contribution in [1.82, 2.24) is 15.6 Å². The van der Waals surface area contributed by atoms with E-state index in [0.29, 0.717) is 22.2 Å². The van der Waals surface area contributed by atoms with E-state index in [1.165, 1.54) is 12.5 Å². The van der Waals surface area contributed by atoms with Gasteiger partial charge in [0.05, 0.1) is 30.0 Å². The van der Waals surface area contributed by atoms with Gasteiger partial charge in [0.2, 0.25) is 5.91 Å². The molecule has 0 atom stereocenters.